The largest absolute Gasteiger partial charge is 0.489 e. The number of thiazole rings is 1. The van der Waals surface area contributed by atoms with Crippen molar-refractivity contribution >= 4 is 44.9 Å². The van der Waals surface area contributed by atoms with E-state index in [-0.39, 0.29) is 17.7 Å². The molecule has 1 fully saturated rings. The zero-order chi connectivity index (χ0) is 27.5. The minimum Gasteiger partial charge on any atom is -0.489 e. The second-order valence-corrected chi connectivity index (χ2v) is 12.7. The molecule has 2 heterocycles. The van der Waals surface area contributed by atoms with Gasteiger partial charge in [0.2, 0.25) is 0 Å². The molecule has 8 nitrogen and oxygen atoms in total. The quantitative estimate of drug-likeness (QED) is 0.332. The number of ether oxygens (including phenoxy) is 2. The standard InChI is InChI=1S/C26H29ClFN3O5S2/c1-26(2,3)36-25(32)31(22-16-37-17-29-22)38(33,34)21-10-9-20(23(27)24(21)28)35-19-11-13-30(14-12-19)15-18-7-5-4-6-8-18/h4-10,16-17,19H,11-15H2,1-3H3. The Morgan fingerprint density at radius 3 is 2.47 bits per heavy atom. The van der Waals surface area contributed by atoms with E-state index in [9.17, 15) is 13.2 Å². The predicted octanol–water partition coefficient (Wildman–Crippen LogP) is 6.11. The molecule has 3 aromatic rings. The number of sulfonamides is 1. The van der Waals surface area contributed by atoms with Gasteiger partial charge in [0.1, 0.15) is 27.4 Å². The molecule has 12 heteroatoms. The molecular weight excluding hydrogens is 553 g/mol. The van der Waals surface area contributed by atoms with Gasteiger partial charge in [-0.3, -0.25) is 4.90 Å². The van der Waals surface area contributed by atoms with Gasteiger partial charge < -0.3 is 9.47 Å². The molecular formula is C26H29ClFN3O5S2. The molecule has 0 N–H and O–H groups in total. The summed E-state index contributed by atoms with van der Waals surface area (Å²) >= 11 is 7.33. The van der Waals surface area contributed by atoms with Crippen LogP contribution in [0.5, 0.6) is 5.75 Å². The SMILES string of the molecule is CC(C)(C)OC(=O)N(c1cscn1)S(=O)(=O)c1ccc(OC2CCN(Cc3ccccc3)CC2)c(Cl)c1F. The Balaban J connectivity index is 1.50. The summed E-state index contributed by atoms with van der Waals surface area (Å²) in [5.41, 5.74) is 1.59. The van der Waals surface area contributed by atoms with Crippen molar-refractivity contribution in [2.24, 2.45) is 0 Å². The topological polar surface area (TPSA) is 89.0 Å². The van der Waals surface area contributed by atoms with Crippen LogP contribution in [0.4, 0.5) is 15.0 Å². The smallest absolute Gasteiger partial charge is 0.430 e. The van der Waals surface area contributed by atoms with Crippen molar-refractivity contribution in [1.29, 1.82) is 0 Å². The Kier molecular flexibility index (Phi) is 8.61. The second-order valence-electron chi connectivity index (χ2n) is 9.87. The summed E-state index contributed by atoms with van der Waals surface area (Å²) in [6.07, 6.45) is 0.0125. The lowest BCUT2D eigenvalue weighted by molar-refractivity contribution is 0.0608. The first-order valence-corrected chi connectivity index (χ1v) is 14.8. The van der Waals surface area contributed by atoms with E-state index in [4.69, 9.17) is 21.1 Å². The lowest BCUT2D eigenvalue weighted by atomic mass is 10.1. The number of hydrogen-bond donors (Lipinski definition) is 0. The molecule has 38 heavy (non-hydrogen) atoms. The van der Waals surface area contributed by atoms with Gasteiger partial charge in [0.15, 0.2) is 11.6 Å². The first-order valence-electron chi connectivity index (χ1n) is 12.0. The third-order valence-electron chi connectivity index (χ3n) is 5.79. The van der Waals surface area contributed by atoms with Crippen LogP contribution in [0, 0.1) is 5.82 Å². The van der Waals surface area contributed by atoms with Gasteiger partial charge in [0, 0.05) is 25.0 Å². The van der Waals surface area contributed by atoms with Crippen molar-refractivity contribution in [2.75, 3.05) is 17.4 Å². The van der Waals surface area contributed by atoms with E-state index >= 15 is 4.39 Å². The normalized spacial score (nSPS) is 15.3. The molecule has 0 radical (unpaired) electrons. The second kappa shape index (κ2) is 11.6. The van der Waals surface area contributed by atoms with Crippen LogP contribution in [0.2, 0.25) is 5.02 Å². The lowest BCUT2D eigenvalue weighted by Gasteiger charge is -2.32. The van der Waals surface area contributed by atoms with E-state index in [1.807, 2.05) is 18.2 Å². The van der Waals surface area contributed by atoms with Crippen molar-refractivity contribution < 1.29 is 27.1 Å². The summed E-state index contributed by atoms with van der Waals surface area (Å²) < 4.78 is 53.9. The highest BCUT2D eigenvalue weighted by Gasteiger charge is 2.38. The molecule has 2 aromatic carbocycles. The van der Waals surface area contributed by atoms with Gasteiger partial charge >= 0.3 is 6.09 Å². The number of aromatic nitrogens is 1. The van der Waals surface area contributed by atoms with E-state index in [0.717, 1.165) is 37.0 Å². The van der Waals surface area contributed by atoms with Crippen LogP contribution in [-0.4, -0.2) is 49.2 Å². The van der Waals surface area contributed by atoms with E-state index in [1.54, 1.807) is 20.8 Å². The Morgan fingerprint density at radius 1 is 1.18 bits per heavy atom. The summed E-state index contributed by atoms with van der Waals surface area (Å²) in [4.78, 5) is 18.3. The third kappa shape index (κ3) is 6.63. The fourth-order valence-corrected chi connectivity index (χ4v) is 6.23. The van der Waals surface area contributed by atoms with Gasteiger partial charge in [0.05, 0.1) is 5.51 Å². The van der Waals surface area contributed by atoms with Crippen molar-refractivity contribution in [2.45, 2.75) is 56.8 Å². The van der Waals surface area contributed by atoms with E-state index in [1.165, 1.54) is 22.5 Å². The van der Waals surface area contributed by atoms with Crippen molar-refractivity contribution in [3.63, 3.8) is 0 Å². The van der Waals surface area contributed by atoms with Crippen LogP contribution in [0.15, 0.2) is 58.3 Å². The molecule has 0 bridgehead atoms. The Bertz CT molecular complexity index is 1360. The average molecular weight is 582 g/mol. The molecule has 1 amide bonds. The molecule has 0 aliphatic carbocycles. The van der Waals surface area contributed by atoms with Gasteiger partial charge in [0.25, 0.3) is 10.0 Å². The first kappa shape index (κ1) is 28.3. The number of carbonyl (C=O) groups excluding carboxylic acids is 1. The highest BCUT2D eigenvalue weighted by Crippen LogP contribution is 2.36. The molecule has 0 atom stereocenters. The summed E-state index contributed by atoms with van der Waals surface area (Å²) in [6, 6.07) is 12.5. The molecule has 204 valence electrons. The predicted molar refractivity (Wildman–Crippen MR) is 145 cm³/mol. The highest BCUT2D eigenvalue weighted by molar-refractivity contribution is 7.93. The van der Waals surface area contributed by atoms with E-state index in [0.29, 0.717) is 17.1 Å². The van der Waals surface area contributed by atoms with Crippen molar-refractivity contribution in [1.82, 2.24) is 9.88 Å². The number of benzene rings is 2. The number of hydrogen-bond acceptors (Lipinski definition) is 8. The fraction of sp³-hybridized carbons (Fsp3) is 0.385. The maximum absolute atomic E-state index is 15.4. The monoisotopic (exact) mass is 581 g/mol. The lowest BCUT2D eigenvalue weighted by Crippen LogP contribution is -2.41. The van der Waals surface area contributed by atoms with Gasteiger partial charge in [-0.05, 0) is 51.3 Å². The van der Waals surface area contributed by atoms with Gasteiger partial charge in [-0.2, -0.15) is 0 Å². The number of rotatable bonds is 7. The van der Waals surface area contributed by atoms with Crippen LogP contribution in [0.3, 0.4) is 0 Å². The molecule has 1 aliphatic heterocycles. The summed E-state index contributed by atoms with van der Waals surface area (Å²) in [5.74, 6) is -1.38. The van der Waals surface area contributed by atoms with Crippen LogP contribution >= 0.6 is 22.9 Å². The van der Waals surface area contributed by atoms with Crippen molar-refractivity contribution in [3.05, 3.63) is 69.8 Å². The zero-order valence-electron chi connectivity index (χ0n) is 21.3. The molecule has 0 spiro atoms. The zero-order valence-corrected chi connectivity index (χ0v) is 23.7. The average Bonchev–Trinajstić information content (AvgIpc) is 3.36. The van der Waals surface area contributed by atoms with Gasteiger partial charge in [-0.25, -0.2) is 22.6 Å². The number of anilines is 1. The van der Waals surface area contributed by atoms with Crippen LogP contribution in [-0.2, 0) is 21.3 Å². The first-order chi connectivity index (χ1) is 18.0. The van der Waals surface area contributed by atoms with E-state index in [2.05, 4.69) is 22.0 Å². The van der Waals surface area contributed by atoms with Crippen LogP contribution in [0.1, 0.15) is 39.2 Å². The maximum atomic E-state index is 15.4. The molecule has 1 aliphatic rings. The molecule has 4 rings (SSSR count). The fourth-order valence-electron chi connectivity index (χ4n) is 4.03. The van der Waals surface area contributed by atoms with E-state index < -0.39 is 37.5 Å². The van der Waals surface area contributed by atoms with Gasteiger partial charge in [-0.15, -0.1) is 15.6 Å². The number of likely N-dealkylation sites (tertiary alicyclic amines) is 1. The number of amides is 1. The Hall–Kier alpha value is -2.73. The summed E-state index contributed by atoms with van der Waals surface area (Å²) in [7, 11) is -4.75. The van der Waals surface area contributed by atoms with Crippen LogP contribution < -0.4 is 9.04 Å². The molecule has 1 aromatic heterocycles. The van der Waals surface area contributed by atoms with Crippen molar-refractivity contribution in [3.8, 4) is 5.75 Å². The highest BCUT2D eigenvalue weighted by atomic mass is 35.5. The third-order valence-corrected chi connectivity index (χ3v) is 8.41. The Labute approximate surface area is 231 Å². The minimum absolute atomic E-state index is 0.0436. The molecule has 0 saturated carbocycles. The van der Waals surface area contributed by atoms with Crippen LogP contribution in [0.25, 0.3) is 0 Å². The molecule has 1 saturated heterocycles. The van der Waals surface area contributed by atoms with Gasteiger partial charge in [-0.1, -0.05) is 41.9 Å². The maximum Gasteiger partial charge on any atom is 0.430 e. The summed E-state index contributed by atoms with van der Waals surface area (Å²) in [6.45, 7) is 7.20. The molecule has 0 unspecified atom stereocenters. The number of piperidine rings is 1. The number of carbonyl (C=O) groups is 1. The Morgan fingerprint density at radius 2 is 1.87 bits per heavy atom. The number of nitrogens with zero attached hydrogens (tertiary/aromatic N) is 3. The minimum atomic E-state index is -4.75. The number of halogens is 2. The summed E-state index contributed by atoms with van der Waals surface area (Å²) in [5, 5.41) is 0.878.